The zero-order valence-electron chi connectivity index (χ0n) is 24.7. The number of hydrogen-bond donors (Lipinski definition) is 0. The molecule has 220 valence electrons. The first kappa shape index (κ1) is 28.8. The van der Waals surface area contributed by atoms with Crippen molar-refractivity contribution in [2.75, 3.05) is 13.2 Å². The third kappa shape index (κ3) is 6.72. The maximum Gasteiger partial charge on any atom is 0.461 e. The summed E-state index contributed by atoms with van der Waals surface area (Å²) >= 11 is 0. The van der Waals surface area contributed by atoms with E-state index in [0.29, 0.717) is 24.9 Å². The Morgan fingerprint density at radius 2 is 0.841 bits per heavy atom. The zero-order valence-corrected chi connectivity index (χ0v) is 24.7. The van der Waals surface area contributed by atoms with Gasteiger partial charge in [-0.1, -0.05) is 152 Å². The molecule has 5 aromatic carbocycles. The van der Waals surface area contributed by atoms with Crippen LogP contribution in [0, 0.1) is 0 Å². The molecular formula is C39H37BO4. The van der Waals surface area contributed by atoms with Gasteiger partial charge in [-0.25, -0.2) is 0 Å². The molecule has 1 aliphatic heterocycles. The van der Waals surface area contributed by atoms with E-state index in [1.807, 2.05) is 24.3 Å². The van der Waals surface area contributed by atoms with Crippen LogP contribution in [0.5, 0.6) is 0 Å². The fraction of sp³-hybridized carbons (Fsp3) is 0.231. The SMILES string of the molecule is c1ccc(C(OC[C@H]2OB([C@H]3C[C@@H]3c3ccccc3)O[C@@H]2COC(c2ccccc2)c2ccccc2)c2ccccc2)cc1. The molecule has 0 aromatic heterocycles. The van der Waals surface area contributed by atoms with E-state index in [1.165, 1.54) is 5.56 Å². The van der Waals surface area contributed by atoms with Gasteiger partial charge in [0.1, 0.15) is 12.2 Å². The molecular weight excluding hydrogens is 543 g/mol. The molecule has 5 aromatic rings. The van der Waals surface area contributed by atoms with E-state index in [-0.39, 0.29) is 31.5 Å². The van der Waals surface area contributed by atoms with Crippen LogP contribution in [-0.4, -0.2) is 32.5 Å². The third-order valence-corrected chi connectivity index (χ3v) is 8.71. The van der Waals surface area contributed by atoms with Crippen LogP contribution in [-0.2, 0) is 18.8 Å². The summed E-state index contributed by atoms with van der Waals surface area (Å²) in [6.07, 6.45) is 0.114. The first-order chi connectivity index (χ1) is 21.8. The highest BCUT2D eigenvalue weighted by atomic mass is 16.7. The van der Waals surface area contributed by atoms with Crippen molar-refractivity contribution < 1.29 is 18.8 Å². The molecule has 0 spiro atoms. The molecule has 0 bridgehead atoms. The first-order valence-electron chi connectivity index (χ1n) is 15.6. The van der Waals surface area contributed by atoms with Crippen molar-refractivity contribution in [1.29, 1.82) is 0 Å². The van der Waals surface area contributed by atoms with Gasteiger partial charge in [0.15, 0.2) is 0 Å². The summed E-state index contributed by atoms with van der Waals surface area (Å²) in [5.74, 6) is 0.771. The van der Waals surface area contributed by atoms with Crippen LogP contribution in [0.4, 0.5) is 0 Å². The van der Waals surface area contributed by atoms with Crippen molar-refractivity contribution >= 4 is 7.12 Å². The van der Waals surface area contributed by atoms with Gasteiger partial charge in [0.05, 0.1) is 25.4 Å². The quantitative estimate of drug-likeness (QED) is 0.139. The van der Waals surface area contributed by atoms with Gasteiger partial charge in [-0.3, -0.25) is 0 Å². The molecule has 0 N–H and O–H groups in total. The van der Waals surface area contributed by atoms with Crippen LogP contribution in [0.3, 0.4) is 0 Å². The Kier molecular flexibility index (Phi) is 8.99. The van der Waals surface area contributed by atoms with Gasteiger partial charge in [0.2, 0.25) is 0 Å². The number of benzene rings is 5. The minimum atomic E-state index is -0.291. The largest absolute Gasteiger partial charge is 0.461 e. The predicted molar refractivity (Wildman–Crippen MR) is 174 cm³/mol. The first-order valence-corrected chi connectivity index (χ1v) is 15.6. The molecule has 0 radical (unpaired) electrons. The van der Waals surface area contributed by atoms with Crippen LogP contribution in [0.25, 0.3) is 0 Å². The highest BCUT2D eigenvalue weighted by Crippen LogP contribution is 2.56. The third-order valence-electron chi connectivity index (χ3n) is 8.71. The van der Waals surface area contributed by atoms with Gasteiger partial charge in [-0.2, -0.15) is 0 Å². The maximum absolute atomic E-state index is 6.70. The van der Waals surface area contributed by atoms with Crippen molar-refractivity contribution in [3.63, 3.8) is 0 Å². The van der Waals surface area contributed by atoms with E-state index in [1.54, 1.807) is 0 Å². The molecule has 0 unspecified atom stereocenters. The molecule has 1 aliphatic carbocycles. The van der Waals surface area contributed by atoms with Crippen LogP contribution < -0.4 is 0 Å². The summed E-state index contributed by atoms with van der Waals surface area (Å²) in [5.41, 5.74) is 5.80. The molecule has 5 heteroatoms. The Hall–Kier alpha value is -4.00. The lowest BCUT2D eigenvalue weighted by Crippen LogP contribution is -2.33. The Bertz CT molecular complexity index is 1400. The molecule has 7 rings (SSSR count). The van der Waals surface area contributed by atoms with E-state index in [2.05, 4.69) is 127 Å². The molecule has 1 saturated heterocycles. The zero-order chi connectivity index (χ0) is 29.6. The van der Waals surface area contributed by atoms with Crippen molar-refractivity contribution in [3.8, 4) is 0 Å². The van der Waals surface area contributed by atoms with E-state index < -0.39 is 0 Å². The Morgan fingerprint density at radius 3 is 1.20 bits per heavy atom. The summed E-state index contributed by atoms with van der Waals surface area (Å²) in [6, 6.07) is 52.2. The lowest BCUT2D eigenvalue weighted by Gasteiger charge is -2.25. The standard InChI is InChI=1S/C39H37BO4/c1-6-16-29(17-7-1)34-26-35(34)40-43-36(27-41-38(30-18-8-2-9-19-30)31-20-10-3-11-21-31)37(44-40)28-42-39(32-22-12-4-13-23-32)33-24-14-5-15-25-33/h1-25,34-39H,26-28H2/t34-,35+,36-,37-/m1/s1. The minimum absolute atomic E-state index is 0.207. The molecule has 44 heavy (non-hydrogen) atoms. The number of ether oxygens (including phenoxy) is 2. The lowest BCUT2D eigenvalue weighted by molar-refractivity contribution is -0.0321. The van der Waals surface area contributed by atoms with Crippen LogP contribution in [0.15, 0.2) is 152 Å². The van der Waals surface area contributed by atoms with E-state index >= 15 is 0 Å². The van der Waals surface area contributed by atoms with E-state index in [0.717, 1.165) is 28.7 Å². The molecule has 4 nitrogen and oxygen atoms in total. The van der Waals surface area contributed by atoms with Crippen molar-refractivity contribution in [1.82, 2.24) is 0 Å². The molecule has 2 fully saturated rings. The summed E-state index contributed by atoms with van der Waals surface area (Å²) in [5, 5.41) is 0. The molecule has 4 atom stereocenters. The second-order valence-electron chi connectivity index (χ2n) is 11.7. The highest BCUT2D eigenvalue weighted by molar-refractivity contribution is 6.48. The van der Waals surface area contributed by atoms with Gasteiger partial charge in [0.25, 0.3) is 0 Å². The minimum Gasteiger partial charge on any atom is -0.403 e. The van der Waals surface area contributed by atoms with Crippen LogP contribution in [0.2, 0.25) is 5.82 Å². The highest BCUT2D eigenvalue weighted by Gasteiger charge is 2.55. The molecule has 1 saturated carbocycles. The van der Waals surface area contributed by atoms with Gasteiger partial charge in [0, 0.05) is 5.82 Å². The normalized spacial score (nSPS) is 21.2. The average molecular weight is 581 g/mol. The van der Waals surface area contributed by atoms with Crippen LogP contribution in [0.1, 0.15) is 52.4 Å². The Labute approximate surface area is 260 Å². The van der Waals surface area contributed by atoms with Crippen molar-refractivity contribution in [2.45, 2.75) is 42.6 Å². The van der Waals surface area contributed by atoms with Crippen molar-refractivity contribution in [3.05, 3.63) is 179 Å². The molecule has 0 amide bonds. The second-order valence-corrected chi connectivity index (χ2v) is 11.7. The number of hydrogen-bond acceptors (Lipinski definition) is 4. The smallest absolute Gasteiger partial charge is 0.403 e. The fourth-order valence-electron chi connectivity index (χ4n) is 6.31. The summed E-state index contributed by atoms with van der Waals surface area (Å²) in [4.78, 5) is 0. The van der Waals surface area contributed by atoms with E-state index in [4.69, 9.17) is 18.8 Å². The Morgan fingerprint density at radius 1 is 0.500 bits per heavy atom. The average Bonchev–Trinajstić information content (AvgIpc) is 3.81. The fourth-order valence-corrected chi connectivity index (χ4v) is 6.31. The lowest BCUT2D eigenvalue weighted by atomic mass is 9.80. The van der Waals surface area contributed by atoms with E-state index in [9.17, 15) is 0 Å². The second kappa shape index (κ2) is 13.8. The van der Waals surface area contributed by atoms with Crippen LogP contribution >= 0.6 is 0 Å². The Balaban J connectivity index is 1.11. The summed E-state index contributed by atoms with van der Waals surface area (Å²) < 4.78 is 26.8. The summed E-state index contributed by atoms with van der Waals surface area (Å²) in [6.45, 7) is 0.784. The van der Waals surface area contributed by atoms with Gasteiger partial charge < -0.3 is 18.8 Å². The van der Waals surface area contributed by atoms with Gasteiger partial charge in [-0.15, -0.1) is 0 Å². The maximum atomic E-state index is 6.70. The van der Waals surface area contributed by atoms with Gasteiger partial charge in [-0.05, 0) is 40.2 Å². The molecule has 2 aliphatic rings. The number of rotatable bonds is 12. The molecule has 1 heterocycles. The predicted octanol–water partition coefficient (Wildman–Crippen LogP) is 8.43. The van der Waals surface area contributed by atoms with Crippen molar-refractivity contribution in [2.24, 2.45) is 0 Å². The van der Waals surface area contributed by atoms with Gasteiger partial charge >= 0.3 is 7.12 Å². The topological polar surface area (TPSA) is 36.9 Å². The monoisotopic (exact) mass is 580 g/mol. The summed E-state index contributed by atoms with van der Waals surface area (Å²) in [7, 11) is -0.291.